The molecule has 0 spiro atoms. The fraction of sp³-hybridized carbons (Fsp3) is 0.125. The van der Waals surface area contributed by atoms with E-state index in [1.165, 1.54) is 4.68 Å². The molecule has 3 N–H and O–H groups in total. The number of pyridine rings is 1. The van der Waals surface area contributed by atoms with Crippen LogP contribution in [0.4, 0.5) is 0 Å². The first-order valence-corrected chi connectivity index (χ1v) is 12.2. The first-order chi connectivity index (χ1) is 17.2. The van der Waals surface area contributed by atoms with Crippen LogP contribution >= 0.6 is 34.5 Å². The number of hydrogen-bond donors (Lipinski definition) is 3. The third-order valence-electron chi connectivity index (χ3n) is 5.15. The molecule has 1 aromatic carbocycles. The molecule has 36 heavy (non-hydrogen) atoms. The summed E-state index contributed by atoms with van der Waals surface area (Å²) in [6.45, 7) is 3.66. The zero-order valence-electron chi connectivity index (χ0n) is 19.1. The van der Waals surface area contributed by atoms with Gasteiger partial charge >= 0.3 is 0 Å². The monoisotopic (exact) mass is 542 g/mol. The molecule has 3 aromatic heterocycles. The highest BCUT2D eigenvalue weighted by Gasteiger charge is 2.17. The molecular weight excluding hydrogens is 523 g/mol. The maximum absolute atomic E-state index is 13.0. The molecule has 0 aliphatic rings. The summed E-state index contributed by atoms with van der Waals surface area (Å²) in [6, 6.07) is 11.6. The van der Waals surface area contributed by atoms with Crippen molar-refractivity contribution in [3.63, 3.8) is 0 Å². The third-order valence-corrected chi connectivity index (χ3v) is 6.97. The number of thiophene rings is 1. The Morgan fingerprint density at radius 1 is 1.11 bits per heavy atom. The minimum Gasteiger partial charge on any atom is -0.347 e. The van der Waals surface area contributed by atoms with Gasteiger partial charge in [0, 0.05) is 24.6 Å². The lowest BCUT2D eigenvalue weighted by molar-refractivity contribution is 0.0950. The van der Waals surface area contributed by atoms with Crippen LogP contribution in [0.2, 0.25) is 10.0 Å². The largest absolute Gasteiger partial charge is 0.347 e. The number of carbonyl (C=O) groups excluding carboxylic acids is 2. The zero-order chi connectivity index (χ0) is 25.8. The first kappa shape index (κ1) is 25.4. The number of nitrogens with zero attached hydrogens (tertiary/aromatic N) is 3. The molecule has 0 aliphatic heterocycles. The molecule has 0 bridgehead atoms. The van der Waals surface area contributed by atoms with Crippen LogP contribution in [0.25, 0.3) is 5.69 Å². The van der Waals surface area contributed by atoms with Crippen molar-refractivity contribution >= 4 is 52.1 Å². The lowest BCUT2D eigenvalue weighted by atomic mass is 10.2. The number of aromatic nitrogens is 3. The van der Waals surface area contributed by atoms with Gasteiger partial charge in [-0.05, 0) is 55.8 Å². The van der Waals surface area contributed by atoms with Crippen LogP contribution < -0.4 is 16.3 Å². The van der Waals surface area contributed by atoms with Crippen molar-refractivity contribution in [2.24, 2.45) is 5.10 Å². The molecule has 0 fully saturated rings. The van der Waals surface area contributed by atoms with Gasteiger partial charge < -0.3 is 5.32 Å². The molecule has 0 radical (unpaired) electrons. The van der Waals surface area contributed by atoms with Crippen molar-refractivity contribution in [1.82, 2.24) is 25.5 Å². The number of amides is 2. The summed E-state index contributed by atoms with van der Waals surface area (Å²) >= 11 is 13.1. The van der Waals surface area contributed by atoms with Crippen molar-refractivity contribution in [3.8, 4) is 5.69 Å². The molecule has 12 heteroatoms. The van der Waals surface area contributed by atoms with Crippen LogP contribution in [-0.4, -0.2) is 32.3 Å². The van der Waals surface area contributed by atoms with Crippen LogP contribution in [0.3, 0.4) is 0 Å². The van der Waals surface area contributed by atoms with Gasteiger partial charge in [-0.2, -0.15) is 5.10 Å². The van der Waals surface area contributed by atoms with Crippen molar-refractivity contribution in [3.05, 3.63) is 102 Å². The number of rotatable bonds is 7. The van der Waals surface area contributed by atoms with E-state index in [-0.39, 0.29) is 11.5 Å². The van der Waals surface area contributed by atoms with Gasteiger partial charge in [-0.25, -0.2) is 10.1 Å². The lowest BCUT2D eigenvalue weighted by Gasteiger charge is -2.03. The van der Waals surface area contributed by atoms with E-state index in [0.717, 1.165) is 16.9 Å². The number of hydrogen-bond acceptors (Lipinski definition) is 6. The number of aromatic amines is 1. The molecule has 0 saturated carbocycles. The predicted octanol–water partition coefficient (Wildman–Crippen LogP) is 4.32. The Morgan fingerprint density at radius 3 is 2.56 bits per heavy atom. The minimum atomic E-state index is -0.497. The average Bonchev–Trinajstić information content (AvgIpc) is 3.48. The smallest absolute Gasteiger partial charge is 0.281 e. The minimum absolute atomic E-state index is 0.298. The Bertz CT molecular complexity index is 1520. The maximum atomic E-state index is 13.0. The Morgan fingerprint density at radius 2 is 1.86 bits per heavy atom. The van der Waals surface area contributed by atoms with Gasteiger partial charge in [0.15, 0.2) is 0 Å². The zero-order valence-corrected chi connectivity index (χ0v) is 21.5. The Balaban J connectivity index is 1.44. The van der Waals surface area contributed by atoms with Crippen molar-refractivity contribution in [2.75, 3.05) is 0 Å². The van der Waals surface area contributed by atoms with Gasteiger partial charge in [-0.3, -0.25) is 24.5 Å². The van der Waals surface area contributed by atoms with Gasteiger partial charge in [0.2, 0.25) is 0 Å². The average molecular weight is 543 g/mol. The summed E-state index contributed by atoms with van der Waals surface area (Å²) in [4.78, 5) is 42.7. The Labute approximate surface area is 219 Å². The van der Waals surface area contributed by atoms with E-state index in [1.54, 1.807) is 62.6 Å². The topological polar surface area (TPSA) is 121 Å². The fourth-order valence-corrected chi connectivity index (χ4v) is 4.48. The first-order valence-electron chi connectivity index (χ1n) is 10.6. The number of hydrazone groups is 1. The lowest BCUT2D eigenvalue weighted by Crippen LogP contribution is -2.23. The summed E-state index contributed by atoms with van der Waals surface area (Å²) in [5.41, 5.74) is 4.64. The number of benzene rings is 1. The molecule has 4 aromatic rings. The van der Waals surface area contributed by atoms with E-state index in [0.29, 0.717) is 49.0 Å². The predicted molar refractivity (Wildman–Crippen MR) is 141 cm³/mol. The van der Waals surface area contributed by atoms with Crippen molar-refractivity contribution in [1.29, 1.82) is 0 Å². The number of nitrogens with one attached hydrogen (secondary N) is 3. The molecule has 184 valence electrons. The summed E-state index contributed by atoms with van der Waals surface area (Å²) in [5.74, 6) is -0.794. The molecule has 9 nitrogen and oxygen atoms in total. The highest BCUT2D eigenvalue weighted by molar-refractivity contribution is 7.15. The Kier molecular flexibility index (Phi) is 7.68. The van der Waals surface area contributed by atoms with Gasteiger partial charge in [0.25, 0.3) is 17.4 Å². The van der Waals surface area contributed by atoms with Gasteiger partial charge in [0.1, 0.15) is 0 Å². The fourth-order valence-electron chi connectivity index (χ4n) is 3.38. The van der Waals surface area contributed by atoms with Crippen LogP contribution in [0.5, 0.6) is 0 Å². The van der Waals surface area contributed by atoms with E-state index >= 15 is 0 Å². The normalized spacial score (nSPS) is 11.4. The second-order valence-corrected chi connectivity index (χ2v) is 9.59. The van der Waals surface area contributed by atoms with Crippen molar-refractivity contribution < 1.29 is 9.59 Å². The van der Waals surface area contributed by atoms with E-state index in [2.05, 4.69) is 25.9 Å². The highest BCUT2D eigenvalue weighted by Crippen LogP contribution is 2.24. The summed E-state index contributed by atoms with van der Waals surface area (Å²) < 4.78 is 1.32. The SMILES string of the molecule is C/C(=N/NC(=O)c1ccc(C(=O)NCc2cccnc2)s1)c1c(C)[nH]n(-c2ccc(Cl)c(Cl)c2)c1=O. The Hall–Kier alpha value is -3.73. The number of carbonyl (C=O) groups is 2. The molecular formula is C24H20Cl2N6O3S. The molecule has 0 aliphatic carbocycles. The summed E-state index contributed by atoms with van der Waals surface area (Å²) in [7, 11) is 0. The number of halogens is 2. The molecule has 0 unspecified atom stereocenters. The summed E-state index contributed by atoms with van der Waals surface area (Å²) in [6.07, 6.45) is 3.32. The van der Waals surface area contributed by atoms with Gasteiger partial charge in [-0.1, -0.05) is 29.3 Å². The molecule has 0 atom stereocenters. The van der Waals surface area contributed by atoms with Crippen LogP contribution in [0.15, 0.2) is 64.8 Å². The second-order valence-electron chi connectivity index (χ2n) is 7.70. The van der Waals surface area contributed by atoms with E-state index in [1.807, 2.05) is 6.07 Å². The molecule has 0 saturated heterocycles. The van der Waals surface area contributed by atoms with E-state index in [4.69, 9.17) is 23.2 Å². The maximum Gasteiger partial charge on any atom is 0.281 e. The second kappa shape index (κ2) is 10.9. The highest BCUT2D eigenvalue weighted by atomic mass is 35.5. The summed E-state index contributed by atoms with van der Waals surface area (Å²) in [5, 5.41) is 10.6. The van der Waals surface area contributed by atoms with E-state index in [9.17, 15) is 14.4 Å². The quantitative estimate of drug-likeness (QED) is 0.238. The van der Waals surface area contributed by atoms with Crippen molar-refractivity contribution in [2.45, 2.75) is 20.4 Å². The molecule has 3 heterocycles. The van der Waals surface area contributed by atoms with Crippen LogP contribution in [0, 0.1) is 6.92 Å². The van der Waals surface area contributed by atoms with Gasteiger partial charge in [-0.15, -0.1) is 11.3 Å². The standard InChI is InChI=1S/C24H20Cl2N6O3S/c1-13(21-14(2)31-32(24(21)35)16-5-6-17(25)18(26)10-16)29-30-23(34)20-8-7-19(36-20)22(33)28-12-15-4-3-9-27-11-15/h3-11,31H,12H2,1-2H3,(H,28,33)(H,30,34)/b29-13-. The van der Waals surface area contributed by atoms with E-state index < -0.39 is 5.91 Å². The van der Waals surface area contributed by atoms with Gasteiger partial charge in [0.05, 0.1) is 36.8 Å². The number of H-pyrrole nitrogens is 1. The van der Waals surface area contributed by atoms with Crippen LogP contribution in [0.1, 0.15) is 43.1 Å². The molecule has 2 amide bonds. The molecule has 4 rings (SSSR count). The third kappa shape index (κ3) is 5.56. The number of aryl methyl sites for hydroxylation is 1. The van der Waals surface area contributed by atoms with Crippen LogP contribution in [-0.2, 0) is 6.54 Å².